The molecule has 0 fully saturated rings. The van der Waals surface area contributed by atoms with E-state index in [4.69, 9.17) is 23.2 Å². The Hall–Kier alpha value is -0.250. The van der Waals surface area contributed by atoms with Gasteiger partial charge in [0, 0.05) is 14.9 Å². The lowest BCUT2D eigenvalue weighted by atomic mass is 10.3. The number of rotatable bonds is 0. The lowest BCUT2D eigenvalue weighted by molar-refractivity contribution is 1.12. The van der Waals surface area contributed by atoms with Crippen LogP contribution in [0.4, 0.5) is 0 Å². The third-order valence-corrected chi connectivity index (χ3v) is 2.64. The minimum atomic E-state index is 0.508. The van der Waals surface area contributed by atoms with Crippen molar-refractivity contribution < 1.29 is 0 Å². The number of hydrogen-bond donors (Lipinski definition) is 1. The van der Waals surface area contributed by atoms with Crippen molar-refractivity contribution in [2.45, 2.75) is 0 Å². The lowest BCUT2D eigenvalue weighted by Crippen LogP contribution is -1.71. The average Bonchev–Trinajstić information content (AvgIpc) is 2.33. The summed E-state index contributed by atoms with van der Waals surface area (Å²) in [6.45, 7) is 0. The van der Waals surface area contributed by atoms with E-state index in [1.807, 2.05) is 0 Å². The number of benzene rings is 1. The van der Waals surface area contributed by atoms with E-state index in [2.05, 4.69) is 26.1 Å². The minimum Gasteiger partial charge on any atom is -0.266 e. The molecule has 0 spiro atoms. The van der Waals surface area contributed by atoms with Gasteiger partial charge in [0.2, 0.25) is 0 Å². The number of nitrogens with zero attached hydrogens (tertiary/aromatic N) is 1. The highest BCUT2D eigenvalue weighted by atomic mass is 79.9. The molecule has 0 unspecified atom stereocenters. The second kappa shape index (κ2) is 2.91. The van der Waals surface area contributed by atoms with Crippen molar-refractivity contribution in [1.82, 2.24) is 10.2 Å². The van der Waals surface area contributed by atoms with Gasteiger partial charge < -0.3 is 0 Å². The third kappa shape index (κ3) is 1.22. The molecule has 5 heteroatoms. The smallest absolute Gasteiger partial charge is 0.132 e. The number of aromatic amines is 1. The van der Waals surface area contributed by atoms with E-state index >= 15 is 0 Å². The summed E-state index contributed by atoms with van der Waals surface area (Å²) in [6.07, 6.45) is 0. The Balaban J connectivity index is 2.92. The first-order chi connectivity index (χ1) is 5.68. The minimum absolute atomic E-state index is 0.508. The van der Waals surface area contributed by atoms with E-state index in [0.717, 1.165) is 15.4 Å². The maximum Gasteiger partial charge on any atom is 0.132 e. The number of nitrogens with one attached hydrogen (secondary N) is 1. The van der Waals surface area contributed by atoms with Crippen LogP contribution in [-0.2, 0) is 0 Å². The van der Waals surface area contributed by atoms with E-state index in [9.17, 15) is 0 Å². The van der Waals surface area contributed by atoms with E-state index in [1.54, 1.807) is 12.1 Å². The maximum atomic E-state index is 5.82. The Bertz CT molecular complexity index is 438. The van der Waals surface area contributed by atoms with Crippen LogP contribution in [0.15, 0.2) is 16.6 Å². The summed E-state index contributed by atoms with van der Waals surface area (Å²) in [5, 5.41) is 8.64. The molecule has 0 saturated heterocycles. The molecule has 0 aliphatic carbocycles. The van der Waals surface area contributed by atoms with Crippen molar-refractivity contribution in [2.75, 3.05) is 0 Å². The Morgan fingerprint density at radius 3 is 2.83 bits per heavy atom. The molecule has 12 heavy (non-hydrogen) atoms. The lowest BCUT2D eigenvalue weighted by Gasteiger charge is -1.93. The van der Waals surface area contributed by atoms with Gasteiger partial charge in [-0.2, -0.15) is 5.10 Å². The first-order valence-corrected chi connectivity index (χ1v) is 4.72. The second-order valence-electron chi connectivity index (χ2n) is 2.32. The number of fused-ring (bicyclic) bond motifs is 1. The number of aromatic nitrogens is 2. The zero-order chi connectivity index (χ0) is 8.72. The highest BCUT2D eigenvalue weighted by Gasteiger charge is 2.07. The molecular formula is C7H3BrCl2N2. The molecule has 1 aromatic heterocycles. The fraction of sp³-hybridized carbons (Fsp3) is 0. The topological polar surface area (TPSA) is 28.7 Å². The average molecular weight is 266 g/mol. The van der Waals surface area contributed by atoms with Crippen LogP contribution in [0.25, 0.3) is 10.9 Å². The van der Waals surface area contributed by atoms with Crippen LogP contribution in [-0.4, -0.2) is 10.2 Å². The van der Waals surface area contributed by atoms with Crippen LogP contribution in [0.2, 0.25) is 10.2 Å². The Morgan fingerprint density at radius 1 is 1.33 bits per heavy atom. The summed E-state index contributed by atoms with van der Waals surface area (Å²) in [5.41, 5.74) is 0.796. The quantitative estimate of drug-likeness (QED) is 0.774. The molecule has 1 heterocycles. The van der Waals surface area contributed by atoms with Crippen LogP contribution in [0, 0.1) is 0 Å². The van der Waals surface area contributed by atoms with Crippen LogP contribution < -0.4 is 0 Å². The first kappa shape index (κ1) is 8.35. The predicted molar refractivity (Wildman–Crippen MR) is 53.8 cm³/mol. The molecule has 0 aliphatic heterocycles. The van der Waals surface area contributed by atoms with Crippen molar-refractivity contribution in [1.29, 1.82) is 0 Å². The number of hydrogen-bond acceptors (Lipinski definition) is 1. The van der Waals surface area contributed by atoms with Crippen molar-refractivity contribution in [3.05, 3.63) is 26.8 Å². The van der Waals surface area contributed by atoms with E-state index in [1.165, 1.54) is 0 Å². The highest BCUT2D eigenvalue weighted by Crippen LogP contribution is 2.30. The van der Waals surface area contributed by atoms with Gasteiger partial charge in [0.25, 0.3) is 0 Å². The first-order valence-electron chi connectivity index (χ1n) is 3.17. The molecular weight excluding hydrogens is 263 g/mol. The van der Waals surface area contributed by atoms with Gasteiger partial charge in [-0.25, -0.2) is 0 Å². The fourth-order valence-corrected chi connectivity index (χ4v) is 2.10. The SMILES string of the molecule is Clc1cc(Br)c2n[nH]c(Cl)c2c1. The Morgan fingerprint density at radius 2 is 2.08 bits per heavy atom. The van der Waals surface area contributed by atoms with Crippen LogP contribution >= 0.6 is 39.1 Å². The molecule has 0 amide bonds. The third-order valence-electron chi connectivity index (χ3n) is 1.53. The zero-order valence-electron chi connectivity index (χ0n) is 5.74. The molecule has 2 rings (SSSR count). The van der Waals surface area contributed by atoms with Gasteiger partial charge in [-0.05, 0) is 28.1 Å². The fourth-order valence-electron chi connectivity index (χ4n) is 1.01. The summed E-state index contributed by atoms with van der Waals surface area (Å²) in [7, 11) is 0. The summed E-state index contributed by atoms with van der Waals surface area (Å²) in [5.74, 6) is 0. The summed E-state index contributed by atoms with van der Waals surface area (Å²) < 4.78 is 0.841. The van der Waals surface area contributed by atoms with Gasteiger partial charge in [-0.3, -0.25) is 5.10 Å². The molecule has 2 nitrogen and oxygen atoms in total. The number of halogens is 3. The predicted octanol–water partition coefficient (Wildman–Crippen LogP) is 3.63. The molecule has 2 aromatic rings. The molecule has 0 atom stereocenters. The molecule has 0 aliphatic rings. The number of H-pyrrole nitrogens is 1. The monoisotopic (exact) mass is 264 g/mol. The van der Waals surface area contributed by atoms with Gasteiger partial charge in [0.15, 0.2) is 0 Å². The van der Waals surface area contributed by atoms with Gasteiger partial charge in [-0.1, -0.05) is 23.2 Å². The Kier molecular flexibility index (Phi) is 2.02. The highest BCUT2D eigenvalue weighted by molar-refractivity contribution is 9.10. The zero-order valence-corrected chi connectivity index (χ0v) is 8.83. The second-order valence-corrected chi connectivity index (χ2v) is 3.99. The Labute approximate surface area is 87.0 Å². The standard InChI is InChI=1S/C7H3BrCl2N2/c8-5-2-3(9)1-4-6(5)11-12-7(4)10/h1-2H,(H,11,12). The summed E-state index contributed by atoms with van der Waals surface area (Å²) >= 11 is 15.0. The van der Waals surface area contributed by atoms with Gasteiger partial charge in [0.1, 0.15) is 10.7 Å². The summed E-state index contributed by atoms with van der Waals surface area (Å²) in [6, 6.07) is 3.55. The van der Waals surface area contributed by atoms with Gasteiger partial charge >= 0.3 is 0 Å². The molecule has 0 radical (unpaired) electrons. The van der Waals surface area contributed by atoms with Crippen molar-refractivity contribution >= 4 is 50.0 Å². The van der Waals surface area contributed by atoms with E-state index < -0.39 is 0 Å². The molecule has 0 bridgehead atoms. The largest absolute Gasteiger partial charge is 0.266 e. The van der Waals surface area contributed by atoms with Crippen molar-refractivity contribution in [3.8, 4) is 0 Å². The van der Waals surface area contributed by atoms with E-state index in [-0.39, 0.29) is 0 Å². The van der Waals surface area contributed by atoms with Crippen molar-refractivity contribution in [2.24, 2.45) is 0 Å². The van der Waals surface area contributed by atoms with Crippen LogP contribution in [0.5, 0.6) is 0 Å². The van der Waals surface area contributed by atoms with Crippen molar-refractivity contribution in [3.63, 3.8) is 0 Å². The molecule has 62 valence electrons. The molecule has 1 N–H and O–H groups in total. The van der Waals surface area contributed by atoms with Crippen LogP contribution in [0.3, 0.4) is 0 Å². The van der Waals surface area contributed by atoms with E-state index in [0.29, 0.717) is 10.2 Å². The summed E-state index contributed by atoms with van der Waals surface area (Å²) in [4.78, 5) is 0. The maximum absolute atomic E-state index is 5.82. The molecule has 1 aromatic carbocycles. The van der Waals surface area contributed by atoms with Gasteiger partial charge in [0.05, 0.1) is 0 Å². The molecule has 0 saturated carbocycles. The van der Waals surface area contributed by atoms with Gasteiger partial charge in [-0.15, -0.1) is 0 Å². The normalized spacial score (nSPS) is 10.9. The van der Waals surface area contributed by atoms with Crippen LogP contribution in [0.1, 0.15) is 0 Å².